The third kappa shape index (κ3) is 8.21. The van der Waals surface area contributed by atoms with E-state index in [-0.39, 0.29) is 6.42 Å². The van der Waals surface area contributed by atoms with Gasteiger partial charge in [0.1, 0.15) is 11.1 Å². The van der Waals surface area contributed by atoms with Gasteiger partial charge in [0, 0.05) is 6.42 Å². The van der Waals surface area contributed by atoms with E-state index in [9.17, 15) is 18.0 Å². The lowest BCUT2D eigenvalue weighted by Gasteiger charge is -2.32. The summed E-state index contributed by atoms with van der Waals surface area (Å²) in [7, 11) is 0. The third-order valence-electron chi connectivity index (χ3n) is 3.93. The Bertz CT molecular complexity index is 576. The summed E-state index contributed by atoms with van der Waals surface area (Å²) in [5.41, 5.74) is 4.57. The Labute approximate surface area is 154 Å². The first kappa shape index (κ1) is 22.5. The Balaban J connectivity index is 2.93. The van der Waals surface area contributed by atoms with E-state index < -0.39 is 29.7 Å². The second kappa shape index (κ2) is 8.89. The van der Waals surface area contributed by atoms with Crippen LogP contribution in [0.15, 0.2) is 24.3 Å². The average molecular weight is 373 g/mol. The maximum atomic E-state index is 13.0. The molecular weight excluding hydrogens is 343 g/mol. The van der Waals surface area contributed by atoms with Gasteiger partial charge in [0.2, 0.25) is 0 Å². The second-order valence-corrected chi connectivity index (χ2v) is 7.90. The van der Waals surface area contributed by atoms with Crippen molar-refractivity contribution in [2.75, 3.05) is 0 Å². The number of halogens is 3. The molecule has 148 valence electrons. The van der Waals surface area contributed by atoms with E-state index in [4.69, 9.17) is 10.5 Å². The van der Waals surface area contributed by atoms with Crippen molar-refractivity contribution in [2.45, 2.75) is 83.5 Å². The number of unbranched alkanes of at least 4 members (excludes halogenated alkanes) is 2. The number of esters is 1. The summed E-state index contributed by atoms with van der Waals surface area (Å²) in [6, 6.07) is 7.25. The molecule has 3 nitrogen and oxygen atoms in total. The number of hydrogen-bond donors (Lipinski definition) is 1. The lowest BCUT2D eigenvalue weighted by atomic mass is 9.87. The zero-order chi connectivity index (χ0) is 20.0. The highest BCUT2D eigenvalue weighted by atomic mass is 19.4. The number of alkyl halides is 3. The monoisotopic (exact) mass is 373 g/mol. The highest BCUT2D eigenvalue weighted by Crippen LogP contribution is 2.30. The van der Waals surface area contributed by atoms with Gasteiger partial charge in [-0.25, -0.2) is 0 Å². The molecule has 0 amide bonds. The van der Waals surface area contributed by atoms with E-state index in [2.05, 4.69) is 6.92 Å². The first-order valence-corrected chi connectivity index (χ1v) is 9.01. The highest BCUT2D eigenvalue weighted by molar-refractivity contribution is 5.81. The summed E-state index contributed by atoms with van der Waals surface area (Å²) in [5.74, 6) is -1.03. The van der Waals surface area contributed by atoms with Crippen molar-refractivity contribution in [1.29, 1.82) is 0 Å². The van der Waals surface area contributed by atoms with E-state index in [1.807, 2.05) is 12.1 Å². The third-order valence-corrected chi connectivity index (χ3v) is 3.93. The molecule has 1 aromatic carbocycles. The molecule has 0 aliphatic carbocycles. The van der Waals surface area contributed by atoms with Crippen LogP contribution in [0, 0.1) is 0 Å². The zero-order valence-electron chi connectivity index (χ0n) is 16.1. The Morgan fingerprint density at radius 1 is 1.04 bits per heavy atom. The van der Waals surface area contributed by atoms with Crippen molar-refractivity contribution in [3.63, 3.8) is 0 Å². The van der Waals surface area contributed by atoms with Crippen LogP contribution < -0.4 is 5.73 Å². The quantitative estimate of drug-likeness (QED) is 0.518. The van der Waals surface area contributed by atoms with Crippen LogP contribution in [0.2, 0.25) is 0 Å². The molecule has 1 aromatic rings. The molecule has 0 aromatic heterocycles. The summed E-state index contributed by atoms with van der Waals surface area (Å²) in [6.45, 7) is 6.93. The topological polar surface area (TPSA) is 52.3 Å². The van der Waals surface area contributed by atoms with Crippen molar-refractivity contribution >= 4 is 5.97 Å². The molecule has 0 heterocycles. The maximum absolute atomic E-state index is 13.0. The number of nitrogens with two attached hydrogens (primary N) is 1. The first-order valence-electron chi connectivity index (χ1n) is 9.01. The fraction of sp³-hybridized carbons (Fsp3) is 0.650. The minimum atomic E-state index is -4.56. The van der Waals surface area contributed by atoms with Crippen molar-refractivity contribution in [3.8, 4) is 0 Å². The van der Waals surface area contributed by atoms with Gasteiger partial charge in [-0.05, 0) is 44.7 Å². The van der Waals surface area contributed by atoms with E-state index >= 15 is 0 Å². The number of ether oxygens (including phenoxy) is 1. The second-order valence-electron chi connectivity index (χ2n) is 7.90. The van der Waals surface area contributed by atoms with Crippen molar-refractivity contribution < 1.29 is 22.7 Å². The minimum absolute atomic E-state index is 0.226. The fourth-order valence-electron chi connectivity index (χ4n) is 2.71. The van der Waals surface area contributed by atoms with E-state index in [1.54, 1.807) is 32.9 Å². The molecule has 0 spiro atoms. The molecule has 0 saturated heterocycles. The Kier molecular flexibility index (Phi) is 7.69. The van der Waals surface area contributed by atoms with Gasteiger partial charge in [0.25, 0.3) is 0 Å². The summed E-state index contributed by atoms with van der Waals surface area (Å²) >= 11 is 0. The van der Waals surface area contributed by atoms with Crippen LogP contribution in [0.1, 0.15) is 64.5 Å². The number of rotatable bonds is 8. The van der Waals surface area contributed by atoms with Crippen LogP contribution in [-0.4, -0.2) is 23.3 Å². The lowest BCUT2D eigenvalue weighted by Crippen LogP contribution is -2.55. The molecular formula is C20H30F3NO2. The number of hydrogen-bond acceptors (Lipinski definition) is 3. The van der Waals surface area contributed by atoms with Gasteiger partial charge in [0.05, 0.1) is 6.42 Å². The summed E-state index contributed by atoms with van der Waals surface area (Å²) in [5, 5.41) is 0. The first-order chi connectivity index (χ1) is 11.8. The van der Waals surface area contributed by atoms with Crippen LogP contribution in [0.4, 0.5) is 13.2 Å². The molecule has 6 heteroatoms. The standard InChI is InChI=1S/C20H30F3NO2/c1-5-6-7-8-15-9-11-16(12-10-15)13-19(24,14-20(21,22)23)17(25)26-18(2,3)4/h9-12H,5-8,13-14,24H2,1-4H3/t19-/m0/s1. The number of benzene rings is 1. The van der Waals surface area contributed by atoms with E-state index in [0.29, 0.717) is 5.56 Å². The minimum Gasteiger partial charge on any atom is -0.459 e. The normalized spacial score (nSPS) is 14.8. The van der Waals surface area contributed by atoms with Crippen LogP contribution in [0.3, 0.4) is 0 Å². The zero-order valence-corrected chi connectivity index (χ0v) is 16.1. The van der Waals surface area contributed by atoms with Gasteiger partial charge in [-0.2, -0.15) is 13.2 Å². The fourth-order valence-corrected chi connectivity index (χ4v) is 2.71. The van der Waals surface area contributed by atoms with Crippen LogP contribution in [0.25, 0.3) is 0 Å². The van der Waals surface area contributed by atoms with Gasteiger partial charge in [-0.3, -0.25) is 4.79 Å². The molecule has 0 saturated carbocycles. The Hall–Kier alpha value is -1.56. The summed E-state index contributed by atoms with van der Waals surface area (Å²) < 4.78 is 44.1. The van der Waals surface area contributed by atoms with Crippen LogP contribution in [-0.2, 0) is 22.4 Å². The summed E-state index contributed by atoms with van der Waals surface area (Å²) in [4.78, 5) is 12.4. The molecule has 0 fully saturated rings. The summed E-state index contributed by atoms with van der Waals surface area (Å²) in [6.07, 6.45) is -1.95. The molecule has 2 N–H and O–H groups in total. The van der Waals surface area contributed by atoms with Crippen LogP contribution >= 0.6 is 0 Å². The molecule has 0 radical (unpaired) electrons. The molecule has 0 aliphatic heterocycles. The smallest absolute Gasteiger partial charge is 0.391 e. The predicted molar refractivity (Wildman–Crippen MR) is 96.8 cm³/mol. The van der Waals surface area contributed by atoms with Crippen molar-refractivity contribution in [3.05, 3.63) is 35.4 Å². The van der Waals surface area contributed by atoms with Gasteiger partial charge >= 0.3 is 12.1 Å². The molecule has 1 atom stereocenters. The predicted octanol–water partition coefficient (Wildman–Crippen LogP) is 4.95. The average Bonchev–Trinajstić information content (AvgIpc) is 2.45. The Morgan fingerprint density at radius 3 is 2.04 bits per heavy atom. The van der Waals surface area contributed by atoms with Gasteiger partial charge in [-0.1, -0.05) is 44.0 Å². The van der Waals surface area contributed by atoms with Gasteiger partial charge in [0.15, 0.2) is 0 Å². The molecule has 0 aliphatic rings. The van der Waals surface area contributed by atoms with Gasteiger partial charge < -0.3 is 10.5 Å². The molecule has 0 bridgehead atoms. The number of carbonyl (C=O) groups is 1. The van der Waals surface area contributed by atoms with Gasteiger partial charge in [-0.15, -0.1) is 0 Å². The molecule has 1 rings (SSSR count). The molecule has 26 heavy (non-hydrogen) atoms. The lowest BCUT2D eigenvalue weighted by molar-refractivity contribution is -0.179. The SMILES string of the molecule is CCCCCc1ccc(C[C@](N)(CC(F)(F)F)C(=O)OC(C)(C)C)cc1. The Morgan fingerprint density at radius 2 is 1.58 bits per heavy atom. The van der Waals surface area contributed by atoms with Crippen molar-refractivity contribution in [2.24, 2.45) is 5.73 Å². The maximum Gasteiger partial charge on any atom is 0.391 e. The van der Waals surface area contributed by atoms with Crippen molar-refractivity contribution in [1.82, 2.24) is 0 Å². The molecule has 0 unspecified atom stereocenters. The number of aryl methyl sites for hydroxylation is 1. The number of carbonyl (C=O) groups excluding carboxylic acids is 1. The van der Waals surface area contributed by atoms with E-state index in [1.165, 1.54) is 0 Å². The van der Waals surface area contributed by atoms with E-state index in [0.717, 1.165) is 31.2 Å². The largest absolute Gasteiger partial charge is 0.459 e. The van der Waals surface area contributed by atoms with Crippen LogP contribution in [0.5, 0.6) is 0 Å². The highest BCUT2D eigenvalue weighted by Gasteiger charge is 2.47.